The van der Waals surface area contributed by atoms with E-state index in [1.165, 1.54) is 6.07 Å². The first kappa shape index (κ1) is 23.0. The number of alkyl halides is 3. The maximum Gasteiger partial charge on any atom is 0.416 e. The molecule has 3 N–H and O–H groups in total. The molecule has 3 aromatic rings. The van der Waals surface area contributed by atoms with Gasteiger partial charge in [0, 0.05) is 5.69 Å². The molecule has 0 heterocycles. The number of hydrogen-bond donors (Lipinski definition) is 3. The molecular formula is C24H21F3N2O3. The molecule has 1 atom stereocenters. The van der Waals surface area contributed by atoms with Gasteiger partial charge in [0.1, 0.15) is 6.04 Å². The van der Waals surface area contributed by atoms with Crippen LogP contribution in [0.4, 0.5) is 18.9 Å². The van der Waals surface area contributed by atoms with Gasteiger partial charge in [-0.05, 0) is 29.3 Å². The van der Waals surface area contributed by atoms with E-state index in [0.29, 0.717) is 11.1 Å². The summed E-state index contributed by atoms with van der Waals surface area (Å²) in [6.45, 7) is -0.729. The largest absolute Gasteiger partial charge is 0.416 e. The smallest absolute Gasteiger partial charge is 0.394 e. The molecule has 0 aliphatic carbocycles. The number of anilines is 1. The van der Waals surface area contributed by atoms with Gasteiger partial charge in [-0.15, -0.1) is 0 Å². The van der Waals surface area contributed by atoms with Gasteiger partial charge < -0.3 is 15.7 Å². The summed E-state index contributed by atoms with van der Waals surface area (Å²) in [4.78, 5) is 25.7. The van der Waals surface area contributed by atoms with Crippen LogP contribution in [0.3, 0.4) is 0 Å². The van der Waals surface area contributed by atoms with E-state index in [9.17, 15) is 27.9 Å². The Morgan fingerprint density at radius 3 is 1.88 bits per heavy atom. The van der Waals surface area contributed by atoms with Crippen LogP contribution in [0.15, 0.2) is 84.9 Å². The molecule has 0 aliphatic heterocycles. The van der Waals surface area contributed by atoms with Crippen LogP contribution < -0.4 is 10.6 Å². The second-order valence-electron chi connectivity index (χ2n) is 7.07. The van der Waals surface area contributed by atoms with Gasteiger partial charge in [-0.2, -0.15) is 13.2 Å². The zero-order valence-electron chi connectivity index (χ0n) is 16.8. The first-order valence-corrected chi connectivity index (χ1v) is 9.79. The number of rotatable bonds is 7. The summed E-state index contributed by atoms with van der Waals surface area (Å²) in [5.74, 6) is -2.10. The highest BCUT2D eigenvalue weighted by Gasteiger charge is 2.31. The van der Waals surface area contributed by atoms with Crippen LogP contribution in [-0.4, -0.2) is 29.6 Å². The van der Waals surface area contributed by atoms with Crippen LogP contribution in [0, 0.1) is 0 Å². The van der Waals surface area contributed by atoms with Crippen molar-refractivity contribution >= 4 is 17.5 Å². The lowest BCUT2D eigenvalue weighted by molar-refractivity contribution is -0.137. The fourth-order valence-electron chi connectivity index (χ4n) is 3.24. The second-order valence-corrected chi connectivity index (χ2v) is 7.07. The van der Waals surface area contributed by atoms with E-state index < -0.39 is 42.1 Å². The average Bonchev–Trinajstić information content (AvgIpc) is 2.78. The molecule has 3 aromatic carbocycles. The minimum absolute atomic E-state index is 0.0970. The maximum atomic E-state index is 13.1. The molecule has 2 amide bonds. The first-order valence-electron chi connectivity index (χ1n) is 9.79. The van der Waals surface area contributed by atoms with Crippen molar-refractivity contribution in [2.45, 2.75) is 18.1 Å². The molecule has 8 heteroatoms. The summed E-state index contributed by atoms with van der Waals surface area (Å²) >= 11 is 0. The zero-order valence-corrected chi connectivity index (χ0v) is 16.8. The molecule has 0 fully saturated rings. The monoisotopic (exact) mass is 442 g/mol. The molecule has 3 rings (SSSR count). The molecular weight excluding hydrogens is 421 g/mol. The Bertz CT molecular complexity index is 1020. The molecule has 0 aliphatic rings. The third kappa shape index (κ3) is 5.73. The van der Waals surface area contributed by atoms with Gasteiger partial charge in [-0.25, -0.2) is 0 Å². The van der Waals surface area contributed by atoms with Crippen molar-refractivity contribution in [1.82, 2.24) is 5.32 Å². The third-order valence-electron chi connectivity index (χ3n) is 4.80. The van der Waals surface area contributed by atoms with Crippen molar-refractivity contribution in [2.75, 3.05) is 11.9 Å². The van der Waals surface area contributed by atoms with Gasteiger partial charge in [0.2, 0.25) is 11.8 Å². The lowest BCUT2D eigenvalue weighted by Crippen LogP contribution is -2.48. The highest BCUT2D eigenvalue weighted by molar-refractivity contribution is 5.98. The van der Waals surface area contributed by atoms with E-state index in [1.807, 2.05) is 12.1 Å². The van der Waals surface area contributed by atoms with Crippen LogP contribution in [0.5, 0.6) is 0 Å². The normalized spacial score (nSPS) is 12.3. The highest BCUT2D eigenvalue weighted by Crippen LogP contribution is 2.30. The summed E-state index contributed by atoms with van der Waals surface area (Å²) in [5, 5.41) is 14.5. The van der Waals surface area contributed by atoms with Gasteiger partial charge in [0.15, 0.2) is 0 Å². The summed E-state index contributed by atoms with van der Waals surface area (Å²) in [6, 6.07) is 20.6. The SMILES string of the molecule is O=C(Nc1cccc(C(F)(F)F)c1)C(CO)NC(=O)C(c1ccccc1)c1ccccc1. The van der Waals surface area contributed by atoms with E-state index in [4.69, 9.17) is 0 Å². The molecule has 1 unspecified atom stereocenters. The number of amides is 2. The third-order valence-corrected chi connectivity index (χ3v) is 4.80. The van der Waals surface area contributed by atoms with E-state index in [0.717, 1.165) is 18.2 Å². The fourth-order valence-corrected chi connectivity index (χ4v) is 3.24. The number of carbonyl (C=O) groups is 2. The van der Waals surface area contributed by atoms with Crippen LogP contribution in [0.1, 0.15) is 22.6 Å². The molecule has 0 bridgehead atoms. The number of nitrogens with one attached hydrogen (secondary N) is 2. The minimum Gasteiger partial charge on any atom is -0.394 e. The zero-order chi connectivity index (χ0) is 23.1. The highest BCUT2D eigenvalue weighted by atomic mass is 19.4. The van der Waals surface area contributed by atoms with Gasteiger partial charge in [-0.3, -0.25) is 9.59 Å². The molecule has 0 saturated heterocycles. The molecule has 5 nitrogen and oxygen atoms in total. The summed E-state index contributed by atoms with van der Waals surface area (Å²) in [7, 11) is 0. The van der Waals surface area contributed by atoms with E-state index in [2.05, 4.69) is 10.6 Å². The first-order chi connectivity index (χ1) is 15.3. The maximum absolute atomic E-state index is 13.1. The second kappa shape index (κ2) is 10.1. The molecule has 0 spiro atoms. The van der Waals surface area contributed by atoms with E-state index in [1.54, 1.807) is 48.5 Å². The molecule has 166 valence electrons. The van der Waals surface area contributed by atoms with Crippen molar-refractivity contribution in [2.24, 2.45) is 0 Å². The van der Waals surface area contributed by atoms with E-state index >= 15 is 0 Å². The standard InChI is InChI=1S/C24H21F3N2O3/c25-24(26,27)18-12-7-13-19(14-18)28-22(31)20(15-30)29-23(32)21(16-8-3-1-4-9-16)17-10-5-2-6-11-17/h1-14,20-21,30H,15H2,(H,28,31)(H,29,32). The van der Waals surface area contributed by atoms with Crippen LogP contribution >= 0.6 is 0 Å². The molecule has 0 aromatic heterocycles. The lowest BCUT2D eigenvalue weighted by atomic mass is 9.90. The Kier molecular flexibility index (Phi) is 7.27. The summed E-state index contributed by atoms with van der Waals surface area (Å²) in [5.41, 5.74) is 0.352. The van der Waals surface area contributed by atoms with Gasteiger partial charge in [-0.1, -0.05) is 66.7 Å². The minimum atomic E-state index is -4.57. The summed E-state index contributed by atoms with van der Waals surface area (Å²) in [6.07, 6.45) is -4.57. The quantitative estimate of drug-likeness (QED) is 0.519. The van der Waals surface area contributed by atoms with Gasteiger partial charge in [0.05, 0.1) is 18.1 Å². The van der Waals surface area contributed by atoms with E-state index in [-0.39, 0.29) is 5.69 Å². The molecule has 0 radical (unpaired) electrons. The average molecular weight is 442 g/mol. The number of aliphatic hydroxyl groups excluding tert-OH is 1. The summed E-state index contributed by atoms with van der Waals surface area (Å²) < 4.78 is 38.7. The Balaban J connectivity index is 1.78. The number of halogens is 3. The number of aliphatic hydroxyl groups is 1. The van der Waals surface area contributed by atoms with Crippen molar-refractivity contribution in [1.29, 1.82) is 0 Å². The predicted octanol–water partition coefficient (Wildman–Crippen LogP) is 3.95. The predicted molar refractivity (Wildman–Crippen MR) is 114 cm³/mol. The Morgan fingerprint density at radius 2 is 1.38 bits per heavy atom. The van der Waals surface area contributed by atoms with Crippen LogP contribution in [0.2, 0.25) is 0 Å². The molecule has 0 saturated carbocycles. The Labute approximate surface area is 182 Å². The lowest BCUT2D eigenvalue weighted by Gasteiger charge is -2.22. The van der Waals surface area contributed by atoms with Crippen molar-refractivity contribution < 1.29 is 27.9 Å². The molecule has 32 heavy (non-hydrogen) atoms. The topological polar surface area (TPSA) is 78.4 Å². The van der Waals surface area contributed by atoms with Crippen LogP contribution in [-0.2, 0) is 15.8 Å². The fraction of sp³-hybridized carbons (Fsp3) is 0.167. The van der Waals surface area contributed by atoms with Gasteiger partial charge in [0.25, 0.3) is 0 Å². The van der Waals surface area contributed by atoms with Crippen molar-refractivity contribution in [3.63, 3.8) is 0 Å². The number of carbonyl (C=O) groups excluding carboxylic acids is 2. The Morgan fingerprint density at radius 1 is 0.812 bits per heavy atom. The van der Waals surface area contributed by atoms with Crippen molar-refractivity contribution in [3.05, 3.63) is 102 Å². The van der Waals surface area contributed by atoms with Crippen LogP contribution in [0.25, 0.3) is 0 Å². The van der Waals surface area contributed by atoms with Gasteiger partial charge >= 0.3 is 6.18 Å². The van der Waals surface area contributed by atoms with Crippen molar-refractivity contribution in [3.8, 4) is 0 Å². The number of benzene rings is 3. The number of hydrogen-bond acceptors (Lipinski definition) is 3. The Hall–Kier alpha value is -3.65.